The van der Waals surface area contributed by atoms with Gasteiger partial charge in [-0.2, -0.15) is 0 Å². The molecule has 0 spiro atoms. The van der Waals surface area contributed by atoms with Gasteiger partial charge in [0.15, 0.2) is 16.2 Å². The number of likely N-dealkylation sites (N-methyl/N-ethyl adjacent to an activating group) is 1. The molecule has 0 bridgehead atoms. The average Bonchev–Trinajstić information content (AvgIpc) is 3.59. The maximum Gasteiger partial charge on any atom is 0.195 e. The molecule has 5 heterocycles. The number of rotatable bonds is 7. The first-order chi connectivity index (χ1) is 16.1. The number of ether oxygens (including phenoxy) is 1. The second kappa shape index (κ2) is 9.05. The quantitative estimate of drug-likeness (QED) is 0.445. The third kappa shape index (κ3) is 4.05. The normalized spacial score (nSPS) is 18.5. The van der Waals surface area contributed by atoms with E-state index in [4.69, 9.17) is 9.72 Å². The lowest BCUT2D eigenvalue weighted by atomic mass is 10.1. The number of nitrogens with one attached hydrogen (secondary N) is 1. The van der Waals surface area contributed by atoms with Gasteiger partial charge in [-0.05, 0) is 25.6 Å². The Hall–Kier alpha value is -3.08. The number of nitrogens with zero attached hydrogens (tertiary/aromatic N) is 6. The summed E-state index contributed by atoms with van der Waals surface area (Å²) in [4.78, 5) is 29.4. The Bertz CT molecular complexity index is 1300. The maximum absolute atomic E-state index is 13.4. The van der Waals surface area contributed by atoms with Gasteiger partial charge in [-0.15, -0.1) is 11.3 Å². The molecule has 33 heavy (non-hydrogen) atoms. The van der Waals surface area contributed by atoms with Crippen LogP contribution in [-0.2, 0) is 24.6 Å². The van der Waals surface area contributed by atoms with E-state index in [-0.39, 0.29) is 17.6 Å². The molecule has 4 aromatic rings. The lowest BCUT2D eigenvalue weighted by Gasteiger charge is -2.18. The maximum atomic E-state index is 13.4. The molecule has 1 aliphatic rings. The molecule has 4 aromatic heterocycles. The highest BCUT2D eigenvalue weighted by atomic mass is 32.1. The second-order valence-corrected chi connectivity index (χ2v) is 9.11. The van der Waals surface area contributed by atoms with E-state index in [0.717, 1.165) is 35.4 Å². The third-order valence-electron chi connectivity index (χ3n) is 6.34. The summed E-state index contributed by atoms with van der Waals surface area (Å²) < 4.78 is 9.56. The lowest BCUT2D eigenvalue weighted by Crippen LogP contribution is -2.37. The Balaban J connectivity index is 1.56. The predicted octanol–water partition coefficient (Wildman–Crippen LogP) is 1.78. The van der Waals surface area contributed by atoms with E-state index in [1.54, 1.807) is 19.5 Å². The van der Waals surface area contributed by atoms with Crippen molar-refractivity contribution in [1.82, 2.24) is 29.4 Å². The van der Waals surface area contributed by atoms with Gasteiger partial charge < -0.3 is 19.5 Å². The zero-order valence-corrected chi connectivity index (χ0v) is 19.7. The SMILES string of the molecule is CNC1CN(c2ccc3c(=O)c(CCc4nccn4C)cn(-c4nccs4)c3n2)CC1OC. The number of imidazole rings is 1. The molecule has 1 saturated heterocycles. The molecular weight excluding hydrogens is 438 g/mol. The number of aromatic nitrogens is 5. The fraction of sp³-hybridized carbons (Fsp3) is 0.391. The first kappa shape index (κ1) is 21.7. The predicted molar refractivity (Wildman–Crippen MR) is 129 cm³/mol. The summed E-state index contributed by atoms with van der Waals surface area (Å²) in [5.41, 5.74) is 1.36. The standard InChI is InChI=1S/C23H27N7O2S/c1-24-17-13-29(14-18(17)32-3)20-7-5-16-21(31)15(4-6-19-25-8-10-28(19)2)12-30(22(16)27-20)23-26-9-11-33-23/h5,7-12,17-18,24H,4,6,13-14H2,1-3H3. The van der Waals surface area contributed by atoms with Gasteiger partial charge in [0.25, 0.3) is 0 Å². The molecule has 9 nitrogen and oxygen atoms in total. The van der Waals surface area contributed by atoms with Crippen molar-refractivity contribution in [2.75, 3.05) is 32.1 Å². The number of hydrogen-bond acceptors (Lipinski definition) is 8. The number of anilines is 1. The number of hydrogen-bond donors (Lipinski definition) is 1. The van der Waals surface area contributed by atoms with Crippen LogP contribution in [0.5, 0.6) is 0 Å². The van der Waals surface area contributed by atoms with Crippen LogP contribution in [0.3, 0.4) is 0 Å². The number of aryl methyl sites for hydroxylation is 3. The molecule has 10 heteroatoms. The van der Waals surface area contributed by atoms with Gasteiger partial charge in [0.1, 0.15) is 11.6 Å². The van der Waals surface area contributed by atoms with Crippen molar-refractivity contribution in [2.24, 2.45) is 7.05 Å². The topological polar surface area (TPSA) is 90.1 Å². The minimum absolute atomic E-state index is 0.00959. The van der Waals surface area contributed by atoms with E-state index < -0.39 is 0 Å². The van der Waals surface area contributed by atoms with E-state index >= 15 is 0 Å². The van der Waals surface area contributed by atoms with Crippen molar-refractivity contribution in [2.45, 2.75) is 25.0 Å². The van der Waals surface area contributed by atoms with Gasteiger partial charge in [0.05, 0.1) is 17.5 Å². The Morgan fingerprint density at radius 2 is 2.09 bits per heavy atom. The summed E-state index contributed by atoms with van der Waals surface area (Å²) in [6.07, 6.45) is 8.72. The third-order valence-corrected chi connectivity index (χ3v) is 7.11. The molecular formula is C23H27N7O2S. The smallest absolute Gasteiger partial charge is 0.195 e. The molecule has 2 atom stereocenters. The summed E-state index contributed by atoms with van der Waals surface area (Å²) >= 11 is 1.52. The molecule has 1 N–H and O–H groups in total. The molecule has 0 saturated carbocycles. The largest absolute Gasteiger partial charge is 0.378 e. The van der Waals surface area contributed by atoms with Gasteiger partial charge in [-0.3, -0.25) is 9.36 Å². The van der Waals surface area contributed by atoms with Crippen molar-refractivity contribution < 1.29 is 4.74 Å². The first-order valence-corrected chi connectivity index (χ1v) is 11.8. The molecule has 172 valence electrons. The van der Waals surface area contributed by atoms with Crippen LogP contribution in [0, 0.1) is 0 Å². The highest BCUT2D eigenvalue weighted by Crippen LogP contribution is 2.25. The molecule has 0 amide bonds. The van der Waals surface area contributed by atoms with Crippen molar-refractivity contribution in [1.29, 1.82) is 0 Å². The number of pyridine rings is 2. The highest BCUT2D eigenvalue weighted by Gasteiger charge is 2.32. The summed E-state index contributed by atoms with van der Waals surface area (Å²) in [7, 11) is 5.65. The van der Waals surface area contributed by atoms with Gasteiger partial charge in [-0.25, -0.2) is 15.0 Å². The van der Waals surface area contributed by atoms with Crippen LogP contribution < -0.4 is 15.6 Å². The van der Waals surface area contributed by atoms with Crippen molar-refractivity contribution in [3.05, 3.63) is 63.9 Å². The van der Waals surface area contributed by atoms with E-state index in [0.29, 0.717) is 23.9 Å². The molecule has 1 aliphatic heterocycles. The van der Waals surface area contributed by atoms with Crippen molar-refractivity contribution in [3.8, 4) is 5.13 Å². The molecule has 0 aliphatic carbocycles. The Morgan fingerprint density at radius 1 is 1.21 bits per heavy atom. The molecule has 5 rings (SSSR count). The molecule has 2 unspecified atom stereocenters. The van der Waals surface area contributed by atoms with Gasteiger partial charge in [-0.1, -0.05) is 0 Å². The summed E-state index contributed by atoms with van der Waals surface area (Å²) in [5, 5.41) is 6.63. The van der Waals surface area contributed by atoms with Crippen LogP contribution in [-0.4, -0.2) is 63.5 Å². The number of methoxy groups -OCH3 is 1. The summed E-state index contributed by atoms with van der Waals surface area (Å²) in [6, 6.07) is 4.05. The van der Waals surface area contributed by atoms with Crippen molar-refractivity contribution in [3.63, 3.8) is 0 Å². The first-order valence-electron chi connectivity index (χ1n) is 11.0. The highest BCUT2D eigenvalue weighted by molar-refractivity contribution is 7.12. The minimum Gasteiger partial charge on any atom is -0.378 e. The van der Waals surface area contributed by atoms with Crippen LogP contribution in [0.25, 0.3) is 16.2 Å². The fourth-order valence-electron chi connectivity index (χ4n) is 4.44. The molecule has 1 fully saturated rings. The number of fused-ring (bicyclic) bond motifs is 1. The van der Waals surface area contributed by atoms with Crippen LogP contribution in [0.4, 0.5) is 5.82 Å². The molecule has 0 aromatic carbocycles. The zero-order chi connectivity index (χ0) is 22.9. The monoisotopic (exact) mass is 465 g/mol. The van der Waals surface area contributed by atoms with Crippen LogP contribution in [0.1, 0.15) is 11.4 Å². The van der Waals surface area contributed by atoms with E-state index in [2.05, 4.69) is 20.2 Å². The Labute approximate surface area is 195 Å². The van der Waals surface area contributed by atoms with Crippen LogP contribution >= 0.6 is 11.3 Å². The van der Waals surface area contributed by atoms with Gasteiger partial charge in [0.2, 0.25) is 0 Å². The zero-order valence-electron chi connectivity index (χ0n) is 18.9. The fourth-order valence-corrected chi connectivity index (χ4v) is 5.06. The second-order valence-electron chi connectivity index (χ2n) is 8.24. The average molecular weight is 466 g/mol. The van der Waals surface area contributed by atoms with Gasteiger partial charge in [0, 0.05) is 69.4 Å². The molecule has 0 radical (unpaired) electrons. The Morgan fingerprint density at radius 3 is 2.76 bits per heavy atom. The van der Waals surface area contributed by atoms with E-state index in [1.165, 1.54) is 11.3 Å². The summed E-state index contributed by atoms with van der Waals surface area (Å²) in [6.45, 7) is 1.53. The van der Waals surface area contributed by atoms with Crippen LogP contribution in [0.15, 0.2) is 47.1 Å². The van der Waals surface area contributed by atoms with E-state index in [1.807, 2.05) is 53.1 Å². The lowest BCUT2D eigenvalue weighted by molar-refractivity contribution is 0.0996. The van der Waals surface area contributed by atoms with Gasteiger partial charge >= 0.3 is 0 Å². The minimum atomic E-state index is 0.00959. The van der Waals surface area contributed by atoms with E-state index in [9.17, 15) is 4.79 Å². The van der Waals surface area contributed by atoms with Crippen molar-refractivity contribution >= 4 is 28.2 Å². The number of thiazole rings is 1. The van der Waals surface area contributed by atoms with Crippen LogP contribution in [0.2, 0.25) is 0 Å². The Kier molecular flexibility index (Phi) is 5.96. The summed E-state index contributed by atoms with van der Waals surface area (Å²) in [5.74, 6) is 1.78.